The maximum atomic E-state index is 12.8. The van der Waals surface area contributed by atoms with Gasteiger partial charge in [0.05, 0.1) is 14.2 Å². The maximum Gasteiger partial charge on any atom is 0.345 e. The van der Waals surface area contributed by atoms with Crippen molar-refractivity contribution >= 4 is 23.2 Å². The second-order valence-corrected chi connectivity index (χ2v) is 7.21. The average molecular weight is 391 g/mol. The zero-order valence-corrected chi connectivity index (χ0v) is 16.0. The lowest BCUT2D eigenvalue weighted by atomic mass is 10.2. The first-order chi connectivity index (χ1) is 13.0. The molecule has 0 unspecified atom stereocenters. The maximum absolute atomic E-state index is 12.8. The summed E-state index contributed by atoms with van der Waals surface area (Å²) in [5.74, 6) is -0.302. The highest BCUT2D eigenvalue weighted by atomic mass is 32.1. The molecule has 1 amide bonds. The molecule has 1 fully saturated rings. The number of carboxylic acid groups (broad SMARTS) is 1. The van der Waals surface area contributed by atoms with Gasteiger partial charge in [-0.25, -0.2) is 9.78 Å². The van der Waals surface area contributed by atoms with E-state index in [0.717, 1.165) is 4.88 Å². The van der Waals surface area contributed by atoms with E-state index in [9.17, 15) is 9.59 Å². The Bertz CT molecular complexity index is 830. The Kier molecular flexibility index (Phi) is 5.92. The fourth-order valence-corrected chi connectivity index (χ4v) is 3.81. The van der Waals surface area contributed by atoms with Crippen LogP contribution in [0.15, 0.2) is 24.3 Å². The second-order valence-electron chi connectivity index (χ2n) is 6.04. The van der Waals surface area contributed by atoms with E-state index in [-0.39, 0.29) is 11.6 Å². The van der Waals surface area contributed by atoms with Gasteiger partial charge in [0.1, 0.15) is 4.88 Å². The topological polar surface area (TPSA) is 92.2 Å². The number of rotatable bonds is 6. The number of piperazine rings is 1. The Balaban J connectivity index is 1.61. The van der Waals surface area contributed by atoms with Gasteiger partial charge in [-0.1, -0.05) is 0 Å². The SMILES string of the molecule is COc1ccc(OC)c(C(=O)N2CCN(Cc3ccc(C(=O)O)s3)CC2)n1. The number of carbonyl (C=O) groups excluding carboxylic acids is 1. The molecule has 0 saturated carbocycles. The van der Waals surface area contributed by atoms with Crippen molar-refractivity contribution < 1.29 is 24.2 Å². The quantitative estimate of drug-likeness (QED) is 0.803. The summed E-state index contributed by atoms with van der Waals surface area (Å²) in [6.07, 6.45) is 0. The minimum absolute atomic E-state index is 0.185. The van der Waals surface area contributed by atoms with E-state index in [4.69, 9.17) is 14.6 Å². The van der Waals surface area contributed by atoms with E-state index >= 15 is 0 Å². The second kappa shape index (κ2) is 8.36. The third-order valence-electron chi connectivity index (χ3n) is 4.38. The van der Waals surface area contributed by atoms with Crippen LogP contribution >= 0.6 is 11.3 Å². The van der Waals surface area contributed by atoms with E-state index in [0.29, 0.717) is 49.2 Å². The van der Waals surface area contributed by atoms with Crippen molar-refractivity contribution in [1.29, 1.82) is 0 Å². The minimum Gasteiger partial charge on any atom is -0.494 e. The van der Waals surface area contributed by atoms with Crippen molar-refractivity contribution in [3.63, 3.8) is 0 Å². The predicted octanol–water partition coefficient (Wildman–Crippen LogP) is 1.82. The number of thiophene rings is 1. The normalized spacial score (nSPS) is 14.8. The first-order valence-electron chi connectivity index (χ1n) is 8.44. The number of carbonyl (C=O) groups is 2. The molecule has 2 aromatic heterocycles. The molecule has 0 bridgehead atoms. The van der Waals surface area contributed by atoms with E-state index in [1.54, 1.807) is 23.1 Å². The number of aromatic nitrogens is 1. The Morgan fingerprint density at radius 1 is 1.11 bits per heavy atom. The van der Waals surface area contributed by atoms with Gasteiger partial charge >= 0.3 is 5.97 Å². The lowest BCUT2D eigenvalue weighted by Crippen LogP contribution is -2.48. The minimum atomic E-state index is -0.901. The molecular formula is C18H21N3O5S. The van der Waals surface area contributed by atoms with Gasteiger partial charge in [0, 0.05) is 43.7 Å². The third-order valence-corrected chi connectivity index (χ3v) is 5.43. The van der Waals surface area contributed by atoms with Crippen LogP contribution in [0, 0.1) is 0 Å². The molecule has 144 valence electrons. The fourth-order valence-electron chi connectivity index (χ4n) is 2.92. The molecule has 1 aliphatic rings. The van der Waals surface area contributed by atoms with Gasteiger partial charge in [-0.2, -0.15) is 0 Å². The summed E-state index contributed by atoms with van der Waals surface area (Å²) in [5, 5.41) is 9.02. The molecule has 0 spiro atoms. The molecule has 3 rings (SSSR count). The summed E-state index contributed by atoms with van der Waals surface area (Å²) in [6.45, 7) is 3.23. The molecule has 1 N–H and O–H groups in total. The molecule has 9 heteroatoms. The molecule has 1 aliphatic heterocycles. The summed E-state index contributed by atoms with van der Waals surface area (Å²) in [6, 6.07) is 6.80. The Labute approximate surface area is 160 Å². The zero-order chi connectivity index (χ0) is 19.4. The summed E-state index contributed by atoms with van der Waals surface area (Å²) in [4.78, 5) is 33.4. The molecule has 8 nitrogen and oxygen atoms in total. The lowest BCUT2D eigenvalue weighted by Gasteiger charge is -2.34. The number of hydrogen-bond acceptors (Lipinski definition) is 7. The Morgan fingerprint density at radius 2 is 1.85 bits per heavy atom. The Hall–Kier alpha value is -2.65. The number of carboxylic acids is 1. The van der Waals surface area contributed by atoms with Gasteiger partial charge in [0.15, 0.2) is 11.4 Å². The fraction of sp³-hybridized carbons (Fsp3) is 0.389. The summed E-state index contributed by atoms with van der Waals surface area (Å²) in [5.41, 5.74) is 0.245. The van der Waals surface area contributed by atoms with Crippen molar-refractivity contribution in [2.75, 3.05) is 40.4 Å². The van der Waals surface area contributed by atoms with Crippen molar-refractivity contribution in [2.24, 2.45) is 0 Å². The molecule has 3 heterocycles. The summed E-state index contributed by atoms with van der Waals surface area (Å²) < 4.78 is 10.4. The molecular weight excluding hydrogens is 370 g/mol. The van der Waals surface area contributed by atoms with Crippen LogP contribution in [-0.2, 0) is 6.54 Å². The number of pyridine rings is 1. The van der Waals surface area contributed by atoms with Crippen LogP contribution < -0.4 is 9.47 Å². The molecule has 27 heavy (non-hydrogen) atoms. The van der Waals surface area contributed by atoms with Crippen LogP contribution in [0.3, 0.4) is 0 Å². The molecule has 1 saturated heterocycles. The molecule has 2 aromatic rings. The third kappa shape index (κ3) is 4.37. The van der Waals surface area contributed by atoms with E-state index in [1.165, 1.54) is 25.6 Å². The lowest BCUT2D eigenvalue weighted by molar-refractivity contribution is 0.0618. The van der Waals surface area contributed by atoms with Crippen molar-refractivity contribution in [2.45, 2.75) is 6.54 Å². The Morgan fingerprint density at radius 3 is 2.44 bits per heavy atom. The molecule has 0 aliphatic carbocycles. The number of aromatic carboxylic acids is 1. The van der Waals surface area contributed by atoms with Crippen LogP contribution in [0.2, 0.25) is 0 Å². The van der Waals surface area contributed by atoms with Gasteiger partial charge in [-0.05, 0) is 18.2 Å². The van der Waals surface area contributed by atoms with Gasteiger partial charge in [-0.3, -0.25) is 9.69 Å². The number of nitrogens with zero attached hydrogens (tertiary/aromatic N) is 3. The number of hydrogen-bond donors (Lipinski definition) is 1. The van der Waals surface area contributed by atoms with Crippen LogP contribution in [0.1, 0.15) is 25.0 Å². The average Bonchev–Trinajstić information content (AvgIpc) is 3.16. The largest absolute Gasteiger partial charge is 0.494 e. The monoisotopic (exact) mass is 391 g/mol. The van der Waals surface area contributed by atoms with Gasteiger partial charge in [-0.15, -0.1) is 11.3 Å². The van der Waals surface area contributed by atoms with Crippen molar-refractivity contribution in [1.82, 2.24) is 14.8 Å². The van der Waals surface area contributed by atoms with Crippen LogP contribution in [-0.4, -0.2) is 72.2 Å². The standard InChI is InChI=1S/C18H21N3O5S/c1-25-13-4-6-15(26-2)19-16(13)17(22)21-9-7-20(8-10-21)11-12-3-5-14(27-12)18(23)24/h3-6H,7-11H2,1-2H3,(H,23,24). The van der Waals surface area contributed by atoms with Crippen LogP contribution in [0.25, 0.3) is 0 Å². The molecule has 0 aromatic carbocycles. The van der Waals surface area contributed by atoms with E-state index < -0.39 is 5.97 Å². The van der Waals surface area contributed by atoms with Crippen LogP contribution in [0.4, 0.5) is 0 Å². The highest BCUT2D eigenvalue weighted by Gasteiger charge is 2.26. The zero-order valence-electron chi connectivity index (χ0n) is 15.2. The first-order valence-corrected chi connectivity index (χ1v) is 9.26. The highest BCUT2D eigenvalue weighted by Crippen LogP contribution is 2.23. The highest BCUT2D eigenvalue weighted by molar-refractivity contribution is 7.13. The number of methoxy groups -OCH3 is 2. The van der Waals surface area contributed by atoms with Gasteiger partial charge in [0.25, 0.3) is 5.91 Å². The molecule has 0 radical (unpaired) electrons. The van der Waals surface area contributed by atoms with Crippen molar-refractivity contribution in [3.05, 3.63) is 39.7 Å². The summed E-state index contributed by atoms with van der Waals surface area (Å²) >= 11 is 1.29. The smallest absolute Gasteiger partial charge is 0.345 e. The van der Waals surface area contributed by atoms with Crippen molar-refractivity contribution in [3.8, 4) is 11.6 Å². The summed E-state index contributed by atoms with van der Waals surface area (Å²) in [7, 11) is 3.01. The van der Waals surface area contributed by atoms with E-state index in [2.05, 4.69) is 9.88 Å². The van der Waals surface area contributed by atoms with Gasteiger partial charge < -0.3 is 19.5 Å². The predicted molar refractivity (Wildman–Crippen MR) is 99.8 cm³/mol. The van der Waals surface area contributed by atoms with Crippen LogP contribution in [0.5, 0.6) is 11.6 Å². The number of amides is 1. The first kappa shape index (κ1) is 19.1. The van der Waals surface area contributed by atoms with Gasteiger partial charge in [0.2, 0.25) is 5.88 Å². The molecule has 0 atom stereocenters. The van der Waals surface area contributed by atoms with E-state index in [1.807, 2.05) is 6.07 Å². The number of ether oxygens (including phenoxy) is 2.